The maximum atomic E-state index is 11.4. The highest BCUT2D eigenvalue weighted by Gasteiger charge is 2.10. The lowest BCUT2D eigenvalue weighted by atomic mass is 10.0. The van der Waals surface area contributed by atoms with E-state index in [2.05, 4.69) is 25.7 Å². The third kappa shape index (κ3) is 3.95. The number of aromatic hydroxyl groups is 1. The Labute approximate surface area is 135 Å². The highest BCUT2D eigenvalue weighted by Crippen LogP contribution is 2.24. The summed E-state index contributed by atoms with van der Waals surface area (Å²) in [7, 11) is 1.30. The summed E-state index contributed by atoms with van der Waals surface area (Å²) in [5, 5.41) is 10.4. The lowest BCUT2D eigenvalue weighted by molar-refractivity contribution is 0.0600. The van der Waals surface area contributed by atoms with Gasteiger partial charge in [-0.3, -0.25) is 0 Å². The Hall–Kier alpha value is -1.59. The van der Waals surface area contributed by atoms with Crippen LogP contribution in [-0.2, 0) is 17.6 Å². The number of pyridine rings is 1. The number of hydrogen-bond acceptors (Lipinski definition) is 4. The fraction of sp³-hybridized carbons (Fsp3) is 0.200. The summed E-state index contributed by atoms with van der Waals surface area (Å²) in [6.45, 7) is 0. The van der Waals surface area contributed by atoms with Crippen molar-refractivity contribution in [1.82, 2.24) is 4.98 Å². The van der Waals surface area contributed by atoms with Crippen LogP contribution in [0.3, 0.4) is 0 Å². The second-order valence-corrected chi connectivity index (χ2v) is 5.71. The topological polar surface area (TPSA) is 59.4 Å². The van der Waals surface area contributed by atoms with Gasteiger partial charge in [0.1, 0.15) is 10.9 Å². The van der Waals surface area contributed by atoms with Crippen molar-refractivity contribution < 1.29 is 14.6 Å². The summed E-state index contributed by atoms with van der Waals surface area (Å²) < 4.78 is 5.46. The van der Waals surface area contributed by atoms with Crippen LogP contribution in [0.25, 0.3) is 0 Å². The molecule has 0 saturated heterocycles. The van der Waals surface area contributed by atoms with E-state index in [0.29, 0.717) is 23.6 Å². The molecule has 1 N–H and O–H groups in total. The predicted octanol–water partition coefficient (Wildman–Crippen LogP) is 3.77. The van der Waals surface area contributed by atoms with Crippen LogP contribution in [0.4, 0.5) is 0 Å². The van der Waals surface area contributed by atoms with E-state index >= 15 is 0 Å². The Morgan fingerprint density at radius 2 is 2.05 bits per heavy atom. The minimum atomic E-state index is -0.476. The van der Waals surface area contributed by atoms with E-state index in [0.717, 1.165) is 15.6 Å². The Balaban J connectivity index is 2.13. The molecule has 1 aromatic carbocycles. The van der Waals surface area contributed by atoms with Gasteiger partial charge in [-0.1, -0.05) is 17.7 Å². The van der Waals surface area contributed by atoms with Crippen molar-refractivity contribution in [2.24, 2.45) is 0 Å². The first-order valence-corrected chi connectivity index (χ1v) is 7.38. The average Bonchev–Trinajstić information content (AvgIpc) is 2.48. The Morgan fingerprint density at radius 1 is 1.33 bits per heavy atom. The van der Waals surface area contributed by atoms with Crippen molar-refractivity contribution in [3.05, 3.63) is 56.8 Å². The molecule has 0 atom stereocenters. The number of carbonyl (C=O) groups excluding carboxylic acids is 1. The van der Waals surface area contributed by atoms with Crippen LogP contribution in [0.1, 0.15) is 21.5 Å². The first-order valence-electron chi connectivity index (χ1n) is 6.21. The van der Waals surface area contributed by atoms with Gasteiger partial charge < -0.3 is 9.84 Å². The zero-order valence-corrected chi connectivity index (χ0v) is 13.6. The van der Waals surface area contributed by atoms with Gasteiger partial charge in [0.25, 0.3) is 0 Å². The smallest absolute Gasteiger partial charge is 0.337 e. The predicted molar refractivity (Wildman–Crippen MR) is 83.8 cm³/mol. The standard InChI is InChI=1S/C15H13BrClNO3/c1-21-15(20)11-5-3-9(13(19)7-11)2-4-10-6-12(16)8-18-14(10)17/h3,5-8,19H,2,4H2,1H3. The fourth-order valence-electron chi connectivity index (χ4n) is 1.93. The van der Waals surface area contributed by atoms with Crippen LogP contribution >= 0.6 is 27.5 Å². The molecule has 4 nitrogen and oxygen atoms in total. The van der Waals surface area contributed by atoms with Crippen molar-refractivity contribution in [3.63, 3.8) is 0 Å². The summed E-state index contributed by atoms with van der Waals surface area (Å²) in [5.41, 5.74) is 1.95. The summed E-state index contributed by atoms with van der Waals surface area (Å²) in [6.07, 6.45) is 2.86. The number of benzene rings is 1. The van der Waals surface area contributed by atoms with Gasteiger partial charge in [-0.25, -0.2) is 9.78 Å². The zero-order chi connectivity index (χ0) is 15.4. The first kappa shape index (κ1) is 15.8. The number of aryl methyl sites for hydroxylation is 2. The molecule has 2 rings (SSSR count). The van der Waals surface area contributed by atoms with Crippen molar-refractivity contribution in [2.75, 3.05) is 7.11 Å². The second-order valence-electron chi connectivity index (χ2n) is 4.44. The van der Waals surface area contributed by atoms with E-state index in [1.165, 1.54) is 13.2 Å². The molecule has 0 amide bonds. The lowest BCUT2D eigenvalue weighted by Crippen LogP contribution is -2.02. The molecular formula is C15H13BrClNO3. The SMILES string of the molecule is COC(=O)c1ccc(CCc2cc(Br)cnc2Cl)c(O)c1. The number of rotatable bonds is 4. The molecule has 0 unspecified atom stereocenters. The molecule has 6 heteroatoms. The normalized spacial score (nSPS) is 10.4. The highest BCUT2D eigenvalue weighted by atomic mass is 79.9. The number of ether oxygens (including phenoxy) is 1. The minimum absolute atomic E-state index is 0.0666. The summed E-state index contributed by atoms with van der Waals surface area (Å²) >= 11 is 9.38. The summed E-state index contributed by atoms with van der Waals surface area (Å²) in [6, 6.07) is 6.64. The molecule has 2 aromatic rings. The minimum Gasteiger partial charge on any atom is -0.508 e. The third-order valence-electron chi connectivity index (χ3n) is 3.05. The average molecular weight is 371 g/mol. The van der Waals surface area contributed by atoms with E-state index in [1.54, 1.807) is 18.3 Å². The van der Waals surface area contributed by atoms with Crippen LogP contribution in [0, 0.1) is 0 Å². The van der Waals surface area contributed by atoms with Gasteiger partial charge in [-0.05, 0) is 58.1 Å². The number of aromatic nitrogens is 1. The Bertz CT molecular complexity index is 676. The summed E-state index contributed by atoms with van der Waals surface area (Å²) in [4.78, 5) is 15.4. The molecule has 0 fully saturated rings. The Morgan fingerprint density at radius 3 is 2.71 bits per heavy atom. The quantitative estimate of drug-likeness (QED) is 0.657. The van der Waals surface area contributed by atoms with E-state index in [4.69, 9.17) is 11.6 Å². The van der Waals surface area contributed by atoms with Crippen molar-refractivity contribution in [3.8, 4) is 5.75 Å². The van der Waals surface area contributed by atoms with E-state index in [9.17, 15) is 9.90 Å². The maximum absolute atomic E-state index is 11.4. The number of nitrogens with zero attached hydrogens (tertiary/aromatic N) is 1. The molecule has 0 aliphatic heterocycles. The van der Waals surface area contributed by atoms with Gasteiger partial charge in [0, 0.05) is 10.7 Å². The van der Waals surface area contributed by atoms with Gasteiger partial charge in [0.2, 0.25) is 0 Å². The van der Waals surface area contributed by atoms with Gasteiger partial charge >= 0.3 is 5.97 Å². The molecule has 0 aliphatic carbocycles. The van der Waals surface area contributed by atoms with Crippen LogP contribution in [-0.4, -0.2) is 23.2 Å². The van der Waals surface area contributed by atoms with Crippen molar-refractivity contribution in [2.45, 2.75) is 12.8 Å². The van der Waals surface area contributed by atoms with Gasteiger partial charge in [-0.2, -0.15) is 0 Å². The molecule has 0 spiro atoms. The molecule has 1 aromatic heterocycles. The number of phenols is 1. The van der Waals surface area contributed by atoms with Crippen LogP contribution in [0.5, 0.6) is 5.75 Å². The molecule has 0 radical (unpaired) electrons. The van der Waals surface area contributed by atoms with Gasteiger partial charge in [0.15, 0.2) is 0 Å². The highest BCUT2D eigenvalue weighted by molar-refractivity contribution is 9.10. The molecule has 1 heterocycles. The van der Waals surface area contributed by atoms with E-state index in [1.807, 2.05) is 6.07 Å². The number of esters is 1. The molecule has 0 bridgehead atoms. The Kier molecular flexibility index (Phi) is 5.20. The van der Waals surface area contributed by atoms with Crippen LogP contribution in [0.2, 0.25) is 5.15 Å². The lowest BCUT2D eigenvalue weighted by Gasteiger charge is -2.08. The van der Waals surface area contributed by atoms with Crippen molar-refractivity contribution >= 4 is 33.5 Å². The van der Waals surface area contributed by atoms with Crippen LogP contribution in [0.15, 0.2) is 34.9 Å². The number of phenolic OH excluding ortho intramolecular Hbond substituents is 1. The van der Waals surface area contributed by atoms with E-state index < -0.39 is 5.97 Å². The van der Waals surface area contributed by atoms with Crippen LogP contribution < -0.4 is 0 Å². The second kappa shape index (κ2) is 6.91. The largest absolute Gasteiger partial charge is 0.508 e. The van der Waals surface area contributed by atoms with Gasteiger partial charge in [-0.15, -0.1) is 0 Å². The monoisotopic (exact) mass is 369 g/mol. The van der Waals surface area contributed by atoms with Gasteiger partial charge in [0.05, 0.1) is 12.7 Å². The number of halogens is 2. The third-order valence-corrected chi connectivity index (χ3v) is 3.82. The molecule has 0 saturated carbocycles. The number of hydrogen-bond donors (Lipinski definition) is 1. The molecule has 21 heavy (non-hydrogen) atoms. The summed E-state index contributed by atoms with van der Waals surface area (Å²) in [5.74, 6) is -0.409. The zero-order valence-electron chi connectivity index (χ0n) is 11.3. The molecule has 0 aliphatic rings. The number of carbonyl (C=O) groups is 1. The first-order chi connectivity index (χ1) is 10.0. The maximum Gasteiger partial charge on any atom is 0.337 e. The number of methoxy groups -OCH3 is 1. The molecular weight excluding hydrogens is 358 g/mol. The van der Waals surface area contributed by atoms with E-state index in [-0.39, 0.29) is 5.75 Å². The van der Waals surface area contributed by atoms with Crippen molar-refractivity contribution in [1.29, 1.82) is 0 Å². The molecule has 110 valence electrons. The fourth-order valence-corrected chi connectivity index (χ4v) is 2.51.